The SMILES string of the molecule is CC(=O)SCC(=O)c1ccc(SN)s1.FC(F)(F)c1ccccc1. The summed E-state index contributed by atoms with van der Waals surface area (Å²) in [6.45, 7) is 1.45. The van der Waals surface area contributed by atoms with Gasteiger partial charge < -0.3 is 0 Å². The maximum absolute atomic E-state index is 11.8. The minimum absolute atomic E-state index is 0.0181. The Morgan fingerprint density at radius 1 is 1.12 bits per heavy atom. The van der Waals surface area contributed by atoms with E-state index in [1.807, 2.05) is 0 Å². The number of thiophene rings is 1. The van der Waals surface area contributed by atoms with Crippen LogP contribution in [0.1, 0.15) is 22.2 Å². The van der Waals surface area contributed by atoms with Crippen LogP contribution in [-0.2, 0) is 11.0 Å². The minimum atomic E-state index is -4.21. The fraction of sp³-hybridized carbons (Fsp3) is 0.200. The fourth-order valence-corrected chi connectivity index (χ4v) is 3.26. The molecule has 2 rings (SSSR count). The van der Waals surface area contributed by atoms with Crippen LogP contribution in [0.3, 0.4) is 0 Å². The lowest BCUT2D eigenvalue weighted by molar-refractivity contribution is -0.137. The van der Waals surface area contributed by atoms with Gasteiger partial charge in [0, 0.05) is 6.92 Å². The van der Waals surface area contributed by atoms with E-state index in [-0.39, 0.29) is 16.7 Å². The van der Waals surface area contributed by atoms with Crippen LogP contribution < -0.4 is 5.14 Å². The summed E-state index contributed by atoms with van der Waals surface area (Å²) in [6, 6.07) is 9.91. The Morgan fingerprint density at radius 2 is 1.75 bits per heavy atom. The number of hydrogen-bond donors (Lipinski definition) is 1. The summed E-state index contributed by atoms with van der Waals surface area (Å²) in [5.41, 5.74) is -0.602. The highest BCUT2D eigenvalue weighted by molar-refractivity contribution is 8.14. The van der Waals surface area contributed by atoms with Crippen molar-refractivity contribution in [2.45, 2.75) is 17.3 Å². The topological polar surface area (TPSA) is 60.2 Å². The van der Waals surface area contributed by atoms with Gasteiger partial charge in [-0.15, -0.1) is 11.3 Å². The number of carbonyl (C=O) groups excluding carboxylic acids is 2. The van der Waals surface area contributed by atoms with Crippen molar-refractivity contribution in [2.24, 2.45) is 5.14 Å². The van der Waals surface area contributed by atoms with Crippen LogP contribution in [0.4, 0.5) is 13.2 Å². The van der Waals surface area contributed by atoms with Crippen molar-refractivity contribution in [2.75, 3.05) is 5.75 Å². The van der Waals surface area contributed by atoms with E-state index in [9.17, 15) is 22.8 Å². The van der Waals surface area contributed by atoms with Gasteiger partial charge in [0.05, 0.1) is 20.4 Å². The summed E-state index contributed by atoms with van der Waals surface area (Å²) < 4.78 is 36.3. The summed E-state index contributed by atoms with van der Waals surface area (Å²) >= 11 is 3.51. The Hall–Kier alpha value is -1.29. The molecule has 0 aliphatic carbocycles. The van der Waals surface area contributed by atoms with Crippen LogP contribution >= 0.6 is 35.0 Å². The van der Waals surface area contributed by atoms with E-state index in [1.54, 1.807) is 18.2 Å². The third-order valence-corrected chi connectivity index (χ3v) is 5.12. The van der Waals surface area contributed by atoms with E-state index in [4.69, 9.17) is 5.14 Å². The lowest BCUT2D eigenvalue weighted by atomic mass is 10.2. The zero-order chi connectivity index (χ0) is 18.2. The lowest BCUT2D eigenvalue weighted by Crippen LogP contribution is -2.03. The van der Waals surface area contributed by atoms with Gasteiger partial charge in [0.2, 0.25) is 0 Å². The van der Waals surface area contributed by atoms with Gasteiger partial charge >= 0.3 is 6.18 Å². The lowest BCUT2D eigenvalue weighted by Gasteiger charge is -2.03. The van der Waals surface area contributed by atoms with Crippen LogP contribution in [0.5, 0.6) is 0 Å². The van der Waals surface area contributed by atoms with E-state index < -0.39 is 11.7 Å². The summed E-state index contributed by atoms with van der Waals surface area (Å²) in [4.78, 5) is 22.8. The van der Waals surface area contributed by atoms with Crippen molar-refractivity contribution in [3.05, 3.63) is 52.9 Å². The molecule has 0 fully saturated rings. The van der Waals surface area contributed by atoms with Gasteiger partial charge in [-0.3, -0.25) is 14.7 Å². The van der Waals surface area contributed by atoms with Crippen LogP contribution in [0.15, 0.2) is 46.7 Å². The number of nitrogens with two attached hydrogens (primary N) is 1. The minimum Gasteiger partial charge on any atom is -0.292 e. The molecule has 0 spiro atoms. The Kier molecular flexibility index (Phi) is 8.54. The highest BCUT2D eigenvalue weighted by Crippen LogP contribution is 2.28. The maximum Gasteiger partial charge on any atom is 0.416 e. The second kappa shape index (κ2) is 9.87. The summed E-state index contributed by atoms with van der Waals surface area (Å²) in [5.74, 6) is 0.195. The number of alkyl halides is 3. The van der Waals surface area contributed by atoms with Crippen molar-refractivity contribution in [1.29, 1.82) is 0 Å². The van der Waals surface area contributed by atoms with Crippen molar-refractivity contribution >= 4 is 45.9 Å². The number of rotatable bonds is 4. The molecule has 0 bridgehead atoms. The number of ketones is 1. The van der Waals surface area contributed by atoms with Crippen molar-refractivity contribution in [3.8, 4) is 0 Å². The number of Topliss-reactive ketones (excluding diaryl/α,β-unsaturated/α-hetero) is 1. The third kappa shape index (κ3) is 7.52. The Bertz CT molecular complexity index is 672. The molecular weight excluding hydrogens is 379 g/mol. The Balaban J connectivity index is 0.000000254. The molecule has 0 radical (unpaired) electrons. The Morgan fingerprint density at radius 3 is 2.17 bits per heavy atom. The van der Waals surface area contributed by atoms with Crippen molar-refractivity contribution in [3.63, 3.8) is 0 Å². The monoisotopic (exact) mass is 393 g/mol. The molecule has 9 heteroatoms. The first-order valence-corrected chi connectivity index (χ1v) is 9.17. The molecule has 130 valence electrons. The molecule has 0 saturated heterocycles. The van der Waals surface area contributed by atoms with E-state index in [1.165, 1.54) is 30.4 Å². The molecule has 0 aliphatic rings. The van der Waals surface area contributed by atoms with Crippen LogP contribution in [0.25, 0.3) is 0 Å². The predicted octanol–water partition coefficient (Wildman–Crippen LogP) is 4.88. The number of thioether (sulfide) groups is 1. The second-order valence-corrected chi connectivity index (χ2v) is 7.47. The average Bonchev–Trinajstić information content (AvgIpc) is 3.02. The zero-order valence-corrected chi connectivity index (χ0v) is 15.0. The van der Waals surface area contributed by atoms with Gasteiger partial charge in [-0.2, -0.15) is 13.2 Å². The molecule has 1 aromatic heterocycles. The van der Waals surface area contributed by atoms with Gasteiger partial charge in [-0.25, -0.2) is 0 Å². The summed E-state index contributed by atoms with van der Waals surface area (Å²) in [5, 5.41) is 5.30. The first-order chi connectivity index (χ1) is 11.2. The van der Waals surface area contributed by atoms with Gasteiger partial charge in [0.15, 0.2) is 10.9 Å². The molecular formula is C15H14F3NO2S3. The molecule has 1 heterocycles. The highest BCUT2D eigenvalue weighted by atomic mass is 32.2. The molecule has 2 aromatic rings. The van der Waals surface area contributed by atoms with Gasteiger partial charge in [-0.1, -0.05) is 42.1 Å². The van der Waals surface area contributed by atoms with Crippen LogP contribution in [0.2, 0.25) is 0 Å². The molecule has 24 heavy (non-hydrogen) atoms. The van der Waals surface area contributed by atoms with Gasteiger partial charge in [0.25, 0.3) is 0 Å². The molecule has 0 unspecified atom stereocenters. The van der Waals surface area contributed by atoms with Gasteiger partial charge in [0.1, 0.15) is 0 Å². The molecule has 0 atom stereocenters. The molecule has 0 amide bonds. The number of halogens is 3. The molecule has 0 saturated carbocycles. The molecule has 2 N–H and O–H groups in total. The number of carbonyl (C=O) groups is 2. The van der Waals surface area contributed by atoms with Crippen molar-refractivity contribution in [1.82, 2.24) is 0 Å². The largest absolute Gasteiger partial charge is 0.416 e. The second-order valence-electron chi connectivity index (χ2n) is 4.30. The third-order valence-electron chi connectivity index (χ3n) is 2.48. The standard InChI is InChI=1S/C8H9NO2S3.C7H5F3/c1-5(10)12-4-6(11)7-2-3-8(13-7)14-9;8-7(9,10)6-4-2-1-3-5-6/h2-3H,4,9H2,1H3;1-5H. The highest BCUT2D eigenvalue weighted by Gasteiger charge is 2.29. The first kappa shape index (κ1) is 20.8. The van der Waals surface area contributed by atoms with Gasteiger partial charge in [-0.05, 0) is 24.1 Å². The maximum atomic E-state index is 11.8. The van der Waals surface area contributed by atoms with Crippen molar-refractivity contribution < 1.29 is 22.8 Å². The number of benzene rings is 1. The fourth-order valence-electron chi connectivity index (χ4n) is 1.40. The zero-order valence-electron chi connectivity index (χ0n) is 12.5. The smallest absolute Gasteiger partial charge is 0.292 e. The molecule has 0 aliphatic heterocycles. The van der Waals surface area contributed by atoms with E-state index in [0.29, 0.717) is 4.88 Å². The summed E-state index contributed by atoms with van der Waals surface area (Å²) in [6.07, 6.45) is -4.21. The van der Waals surface area contributed by atoms with Crippen LogP contribution in [0, 0.1) is 0 Å². The predicted molar refractivity (Wildman–Crippen MR) is 93.3 cm³/mol. The molecule has 3 nitrogen and oxygen atoms in total. The van der Waals surface area contributed by atoms with E-state index in [0.717, 1.165) is 40.1 Å². The normalized spacial score (nSPS) is 10.7. The van der Waals surface area contributed by atoms with E-state index >= 15 is 0 Å². The number of hydrogen-bond acceptors (Lipinski definition) is 6. The average molecular weight is 393 g/mol. The Labute approximate surface area is 150 Å². The van der Waals surface area contributed by atoms with E-state index in [2.05, 4.69) is 0 Å². The quantitative estimate of drug-likeness (QED) is 0.592. The molecule has 1 aromatic carbocycles. The van der Waals surface area contributed by atoms with Crippen LogP contribution in [-0.4, -0.2) is 16.7 Å². The summed E-state index contributed by atoms with van der Waals surface area (Å²) in [7, 11) is 0. The first-order valence-electron chi connectivity index (χ1n) is 6.49.